The summed E-state index contributed by atoms with van der Waals surface area (Å²) in [6.45, 7) is 5.27. The Kier molecular flexibility index (Phi) is 4.86. The molecule has 1 heterocycles. The van der Waals surface area contributed by atoms with Crippen LogP contribution in [0.2, 0.25) is 0 Å². The molecule has 1 aromatic heterocycles. The third-order valence-corrected chi connectivity index (χ3v) is 4.78. The van der Waals surface area contributed by atoms with Crippen molar-refractivity contribution < 1.29 is 4.79 Å². The lowest BCUT2D eigenvalue weighted by Crippen LogP contribution is -2.39. The molecular weight excluding hydrogens is 256 g/mol. The molecule has 3 nitrogen and oxygen atoms in total. The van der Waals surface area contributed by atoms with Crippen molar-refractivity contribution in [1.82, 2.24) is 4.90 Å². The van der Waals surface area contributed by atoms with E-state index in [1.807, 2.05) is 11.4 Å². The number of thiophene rings is 1. The second-order valence-electron chi connectivity index (χ2n) is 5.82. The fourth-order valence-electron chi connectivity index (χ4n) is 2.69. The topological polar surface area (TPSA) is 46.3 Å². The summed E-state index contributed by atoms with van der Waals surface area (Å²) < 4.78 is 0. The molecule has 1 aliphatic carbocycles. The highest BCUT2D eigenvalue weighted by molar-refractivity contribution is 7.12. The zero-order chi connectivity index (χ0) is 13.8. The van der Waals surface area contributed by atoms with Crippen molar-refractivity contribution in [2.75, 3.05) is 12.3 Å². The first-order valence-corrected chi connectivity index (χ1v) is 8.11. The first kappa shape index (κ1) is 14.4. The van der Waals surface area contributed by atoms with Crippen LogP contribution in [0.1, 0.15) is 55.6 Å². The second kappa shape index (κ2) is 6.42. The fourth-order valence-corrected chi connectivity index (χ4v) is 3.46. The molecule has 106 valence electrons. The molecule has 1 aromatic rings. The van der Waals surface area contributed by atoms with Crippen molar-refractivity contribution in [3.05, 3.63) is 16.3 Å². The number of nitrogen functional groups attached to an aromatic ring is 1. The molecule has 1 amide bonds. The lowest BCUT2D eigenvalue weighted by molar-refractivity contribution is 0.0678. The van der Waals surface area contributed by atoms with Crippen LogP contribution >= 0.6 is 11.3 Å². The van der Waals surface area contributed by atoms with Gasteiger partial charge in [0.15, 0.2) is 0 Å². The van der Waals surface area contributed by atoms with Gasteiger partial charge in [-0.05, 0) is 36.6 Å². The number of hydrogen-bond acceptors (Lipinski definition) is 3. The summed E-state index contributed by atoms with van der Waals surface area (Å²) in [5, 5.41) is 1.90. The van der Waals surface area contributed by atoms with E-state index in [1.165, 1.54) is 24.2 Å². The summed E-state index contributed by atoms with van der Waals surface area (Å²) in [4.78, 5) is 15.5. The van der Waals surface area contributed by atoms with Crippen molar-refractivity contribution in [3.8, 4) is 0 Å². The number of nitrogens with two attached hydrogens (primary N) is 1. The molecule has 0 aliphatic heterocycles. The van der Waals surface area contributed by atoms with Crippen molar-refractivity contribution in [2.24, 2.45) is 5.92 Å². The highest BCUT2D eigenvalue weighted by Gasteiger charge is 2.28. The zero-order valence-corrected chi connectivity index (χ0v) is 12.7. The standard InChI is InChI=1S/C15H24N2OS/c1-11(2)7-9-17(12-5-3-4-6-12)15(18)14-13(16)8-10-19-14/h8,10-12H,3-7,9,16H2,1-2H3. The van der Waals surface area contributed by atoms with E-state index in [0.717, 1.165) is 30.7 Å². The van der Waals surface area contributed by atoms with Gasteiger partial charge in [0.1, 0.15) is 4.88 Å². The normalized spacial score (nSPS) is 16.2. The van der Waals surface area contributed by atoms with Gasteiger partial charge in [0.2, 0.25) is 0 Å². The van der Waals surface area contributed by atoms with Gasteiger partial charge in [0.25, 0.3) is 5.91 Å². The largest absolute Gasteiger partial charge is 0.397 e. The maximum atomic E-state index is 12.7. The average Bonchev–Trinajstić information content (AvgIpc) is 3.00. The van der Waals surface area contributed by atoms with E-state index < -0.39 is 0 Å². The fraction of sp³-hybridized carbons (Fsp3) is 0.667. The predicted molar refractivity (Wildman–Crippen MR) is 81.5 cm³/mol. The third-order valence-electron chi connectivity index (χ3n) is 3.86. The second-order valence-corrected chi connectivity index (χ2v) is 6.74. The molecule has 0 saturated heterocycles. The van der Waals surface area contributed by atoms with Crippen LogP contribution in [-0.2, 0) is 0 Å². The lowest BCUT2D eigenvalue weighted by atomic mass is 10.1. The number of rotatable bonds is 5. The van der Waals surface area contributed by atoms with Crippen LogP contribution in [0.15, 0.2) is 11.4 Å². The third kappa shape index (κ3) is 3.50. The Morgan fingerprint density at radius 3 is 2.68 bits per heavy atom. The van der Waals surface area contributed by atoms with Crippen LogP contribution in [0.3, 0.4) is 0 Å². The van der Waals surface area contributed by atoms with Crippen molar-refractivity contribution in [2.45, 2.75) is 52.0 Å². The van der Waals surface area contributed by atoms with Crippen LogP contribution in [0, 0.1) is 5.92 Å². The minimum Gasteiger partial charge on any atom is -0.397 e. The first-order chi connectivity index (χ1) is 9.09. The summed E-state index contributed by atoms with van der Waals surface area (Å²) in [6, 6.07) is 2.25. The molecule has 4 heteroatoms. The average molecular weight is 280 g/mol. The smallest absolute Gasteiger partial charge is 0.266 e. The van der Waals surface area contributed by atoms with Gasteiger partial charge in [0, 0.05) is 12.6 Å². The van der Waals surface area contributed by atoms with E-state index in [-0.39, 0.29) is 5.91 Å². The maximum absolute atomic E-state index is 12.7. The zero-order valence-electron chi connectivity index (χ0n) is 11.9. The molecule has 19 heavy (non-hydrogen) atoms. The molecule has 1 aliphatic rings. The van der Waals surface area contributed by atoms with Crippen molar-refractivity contribution in [3.63, 3.8) is 0 Å². The Hall–Kier alpha value is -1.03. The first-order valence-electron chi connectivity index (χ1n) is 7.23. The Bertz CT molecular complexity index is 422. The minimum absolute atomic E-state index is 0.139. The number of hydrogen-bond donors (Lipinski definition) is 1. The van der Waals surface area contributed by atoms with Gasteiger partial charge in [-0.1, -0.05) is 26.7 Å². The SMILES string of the molecule is CC(C)CCN(C(=O)c1sccc1N)C1CCCC1. The van der Waals surface area contributed by atoms with Gasteiger partial charge in [0.05, 0.1) is 5.69 Å². The molecule has 2 rings (SSSR count). The van der Waals surface area contributed by atoms with Gasteiger partial charge >= 0.3 is 0 Å². The van der Waals surface area contributed by atoms with E-state index >= 15 is 0 Å². The molecule has 0 spiro atoms. The molecule has 0 bridgehead atoms. The van der Waals surface area contributed by atoms with Gasteiger partial charge < -0.3 is 10.6 Å². The molecular formula is C15H24N2OS. The van der Waals surface area contributed by atoms with Crippen molar-refractivity contribution >= 4 is 22.9 Å². The number of carbonyl (C=O) groups excluding carboxylic acids is 1. The molecule has 1 fully saturated rings. The monoisotopic (exact) mass is 280 g/mol. The van der Waals surface area contributed by atoms with Gasteiger partial charge in [-0.2, -0.15) is 0 Å². The van der Waals surface area contributed by atoms with Crippen LogP contribution in [0.5, 0.6) is 0 Å². The predicted octanol–water partition coefficient (Wildman–Crippen LogP) is 3.76. The molecule has 2 N–H and O–H groups in total. The van der Waals surface area contributed by atoms with Crippen LogP contribution in [0.4, 0.5) is 5.69 Å². The minimum atomic E-state index is 0.139. The molecule has 0 radical (unpaired) electrons. The Balaban J connectivity index is 2.11. The lowest BCUT2D eigenvalue weighted by Gasteiger charge is -2.29. The quantitative estimate of drug-likeness (QED) is 0.892. The number of anilines is 1. The summed E-state index contributed by atoms with van der Waals surface area (Å²) in [5.41, 5.74) is 6.52. The van der Waals surface area contributed by atoms with E-state index in [1.54, 1.807) is 0 Å². The van der Waals surface area contributed by atoms with E-state index in [9.17, 15) is 4.79 Å². The van der Waals surface area contributed by atoms with Crippen LogP contribution in [-0.4, -0.2) is 23.4 Å². The van der Waals surface area contributed by atoms with Crippen molar-refractivity contribution in [1.29, 1.82) is 0 Å². The molecule has 1 saturated carbocycles. The number of amides is 1. The Labute approximate surface area is 119 Å². The van der Waals surface area contributed by atoms with E-state index in [4.69, 9.17) is 5.73 Å². The highest BCUT2D eigenvalue weighted by atomic mass is 32.1. The van der Waals surface area contributed by atoms with E-state index in [2.05, 4.69) is 18.7 Å². The summed E-state index contributed by atoms with van der Waals surface area (Å²) in [5.74, 6) is 0.762. The summed E-state index contributed by atoms with van der Waals surface area (Å²) in [6.07, 6.45) is 5.85. The summed E-state index contributed by atoms with van der Waals surface area (Å²) >= 11 is 1.46. The number of nitrogens with zero attached hydrogens (tertiary/aromatic N) is 1. The van der Waals surface area contributed by atoms with Crippen LogP contribution in [0.25, 0.3) is 0 Å². The molecule has 0 atom stereocenters. The summed E-state index contributed by atoms with van der Waals surface area (Å²) in [7, 11) is 0. The Morgan fingerprint density at radius 2 is 2.16 bits per heavy atom. The van der Waals surface area contributed by atoms with Crippen LogP contribution < -0.4 is 5.73 Å². The van der Waals surface area contributed by atoms with Gasteiger partial charge in [-0.25, -0.2) is 0 Å². The van der Waals surface area contributed by atoms with Gasteiger partial charge in [-0.15, -0.1) is 11.3 Å². The Morgan fingerprint density at radius 1 is 1.47 bits per heavy atom. The van der Waals surface area contributed by atoms with Gasteiger partial charge in [-0.3, -0.25) is 4.79 Å². The highest BCUT2D eigenvalue weighted by Crippen LogP contribution is 2.28. The number of carbonyl (C=O) groups is 1. The molecule has 0 unspecified atom stereocenters. The van der Waals surface area contributed by atoms with E-state index in [0.29, 0.717) is 17.6 Å². The maximum Gasteiger partial charge on any atom is 0.266 e. The molecule has 0 aromatic carbocycles.